The van der Waals surface area contributed by atoms with Crippen molar-refractivity contribution < 1.29 is 14.0 Å². The van der Waals surface area contributed by atoms with Crippen molar-refractivity contribution in [2.75, 3.05) is 12.3 Å². The fourth-order valence-electron chi connectivity index (χ4n) is 2.63. The van der Waals surface area contributed by atoms with E-state index in [1.807, 2.05) is 38.1 Å². The Balaban J connectivity index is 2.10. The molecule has 2 rings (SSSR count). The number of halogens is 1. The molecule has 0 fully saturated rings. The Kier molecular flexibility index (Phi) is 8.51. The molecule has 4 nitrogen and oxygen atoms in total. The van der Waals surface area contributed by atoms with Gasteiger partial charge in [-0.15, -0.1) is 11.8 Å². The third kappa shape index (κ3) is 6.68. The summed E-state index contributed by atoms with van der Waals surface area (Å²) in [6, 6.07) is 13.4. The highest BCUT2D eigenvalue weighted by atomic mass is 32.2. The van der Waals surface area contributed by atoms with E-state index in [1.54, 1.807) is 24.0 Å². The first-order valence-corrected chi connectivity index (χ1v) is 10.4. The molecule has 0 radical (unpaired) electrons. The molecule has 2 amide bonds. The highest BCUT2D eigenvalue weighted by molar-refractivity contribution is 8.00. The van der Waals surface area contributed by atoms with Crippen LogP contribution in [0.5, 0.6) is 0 Å². The van der Waals surface area contributed by atoms with E-state index in [2.05, 4.69) is 5.32 Å². The van der Waals surface area contributed by atoms with Gasteiger partial charge < -0.3 is 10.2 Å². The van der Waals surface area contributed by atoms with E-state index in [4.69, 9.17) is 0 Å². The van der Waals surface area contributed by atoms with Crippen LogP contribution in [0.3, 0.4) is 0 Å². The first-order chi connectivity index (χ1) is 13.4. The quantitative estimate of drug-likeness (QED) is 0.641. The van der Waals surface area contributed by atoms with Gasteiger partial charge in [0.15, 0.2) is 0 Å². The average molecular weight is 403 g/mol. The first-order valence-electron chi connectivity index (χ1n) is 9.41. The lowest BCUT2D eigenvalue weighted by Gasteiger charge is -2.28. The number of aryl methyl sites for hydroxylation is 1. The number of hydrogen-bond acceptors (Lipinski definition) is 3. The van der Waals surface area contributed by atoms with Crippen LogP contribution in [0.15, 0.2) is 53.4 Å². The van der Waals surface area contributed by atoms with Gasteiger partial charge in [-0.3, -0.25) is 9.59 Å². The summed E-state index contributed by atoms with van der Waals surface area (Å²) >= 11 is 1.44. The van der Waals surface area contributed by atoms with E-state index in [-0.39, 0.29) is 29.9 Å². The van der Waals surface area contributed by atoms with E-state index in [1.165, 1.54) is 23.9 Å². The molecule has 6 heteroatoms. The third-order valence-corrected chi connectivity index (χ3v) is 5.36. The molecule has 1 N–H and O–H groups in total. The predicted molar refractivity (Wildman–Crippen MR) is 112 cm³/mol. The van der Waals surface area contributed by atoms with Crippen LogP contribution in [0.2, 0.25) is 0 Å². The van der Waals surface area contributed by atoms with Crippen LogP contribution in [0, 0.1) is 12.7 Å². The minimum atomic E-state index is -0.609. The maximum absolute atomic E-state index is 13.2. The summed E-state index contributed by atoms with van der Waals surface area (Å²) in [5.41, 5.74) is 1.94. The monoisotopic (exact) mass is 402 g/mol. The van der Waals surface area contributed by atoms with Crippen LogP contribution in [0.25, 0.3) is 0 Å². The van der Waals surface area contributed by atoms with Crippen LogP contribution in [-0.4, -0.2) is 35.1 Å². The second kappa shape index (κ2) is 10.9. The molecule has 0 unspecified atom stereocenters. The van der Waals surface area contributed by atoms with Gasteiger partial charge in [0.25, 0.3) is 0 Å². The number of rotatable bonds is 9. The first kappa shape index (κ1) is 22.0. The van der Waals surface area contributed by atoms with E-state index in [0.717, 1.165) is 22.4 Å². The lowest BCUT2D eigenvalue weighted by atomic mass is 10.1. The molecular formula is C22H27FN2O2S. The van der Waals surface area contributed by atoms with Gasteiger partial charge in [-0.05, 0) is 50.1 Å². The van der Waals surface area contributed by atoms with Crippen molar-refractivity contribution in [3.8, 4) is 0 Å². The molecule has 0 spiro atoms. The Morgan fingerprint density at radius 3 is 2.36 bits per heavy atom. The molecule has 0 saturated carbocycles. The van der Waals surface area contributed by atoms with Crippen molar-refractivity contribution in [3.05, 3.63) is 65.5 Å². The normalized spacial score (nSPS) is 11.7. The fourth-order valence-corrected chi connectivity index (χ4v) is 3.41. The summed E-state index contributed by atoms with van der Waals surface area (Å²) in [4.78, 5) is 27.9. The molecule has 0 aliphatic carbocycles. The predicted octanol–water partition coefficient (Wildman–Crippen LogP) is 4.17. The van der Waals surface area contributed by atoms with Gasteiger partial charge in [0.05, 0.1) is 5.75 Å². The van der Waals surface area contributed by atoms with Crippen molar-refractivity contribution in [1.82, 2.24) is 10.2 Å². The van der Waals surface area contributed by atoms with E-state index < -0.39 is 6.04 Å². The summed E-state index contributed by atoms with van der Waals surface area (Å²) in [5, 5.41) is 2.84. The molecule has 0 aromatic heterocycles. The van der Waals surface area contributed by atoms with Gasteiger partial charge in [0.1, 0.15) is 11.9 Å². The Bertz CT molecular complexity index is 778. The van der Waals surface area contributed by atoms with E-state index >= 15 is 0 Å². The standard InChI is InChI=1S/C22H27FN2O2S/c1-4-13-24-22(27)17(3)25(14-18-7-9-19(23)10-8-18)21(26)15-28-20-11-5-16(2)6-12-20/h5-12,17H,4,13-15H2,1-3H3,(H,24,27)/t17-/m0/s1. The van der Waals surface area contributed by atoms with Gasteiger partial charge in [0.2, 0.25) is 11.8 Å². The van der Waals surface area contributed by atoms with Crippen LogP contribution in [0.4, 0.5) is 4.39 Å². The fraction of sp³-hybridized carbons (Fsp3) is 0.364. The summed E-state index contributed by atoms with van der Waals surface area (Å²) in [6.45, 7) is 6.54. The Morgan fingerprint density at radius 2 is 1.75 bits per heavy atom. The summed E-state index contributed by atoms with van der Waals surface area (Å²) in [6.07, 6.45) is 0.827. The summed E-state index contributed by atoms with van der Waals surface area (Å²) < 4.78 is 13.2. The zero-order chi connectivity index (χ0) is 20.5. The number of carbonyl (C=O) groups is 2. The van der Waals surface area contributed by atoms with Crippen LogP contribution >= 0.6 is 11.8 Å². The highest BCUT2D eigenvalue weighted by Gasteiger charge is 2.25. The number of benzene rings is 2. The topological polar surface area (TPSA) is 49.4 Å². The lowest BCUT2D eigenvalue weighted by molar-refractivity contribution is -0.138. The molecule has 0 saturated heterocycles. The van der Waals surface area contributed by atoms with Crippen LogP contribution in [-0.2, 0) is 16.1 Å². The van der Waals surface area contributed by atoms with Gasteiger partial charge in [-0.25, -0.2) is 4.39 Å². The maximum Gasteiger partial charge on any atom is 0.242 e. The molecule has 1 atom stereocenters. The third-order valence-electron chi connectivity index (χ3n) is 4.37. The second-order valence-corrected chi connectivity index (χ2v) is 7.77. The molecule has 0 aliphatic rings. The van der Waals surface area contributed by atoms with Crippen molar-refractivity contribution >= 4 is 23.6 Å². The van der Waals surface area contributed by atoms with Gasteiger partial charge in [0, 0.05) is 18.0 Å². The minimum absolute atomic E-state index is 0.131. The molecule has 0 bridgehead atoms. The van der Waals surface area contributed by atoms with Crippen molar-refractivity contribution in [2.24, 2.45) is 0 Å². The Morgan fingerprint density at radius 1 is 1.11 bits per heavy atom. The molecule has 2 aromatic carbocycles. The smallest absolute Gasteiger partial charge is 0.242 e. The zero-order valence-corrected chi connectivity index (χ0v) is 17.4. The average Bonchev–Trinajstić information content (AvgIpc) is 2.70. The number of thioether (sulfide) groups is 1. The molecule has 0 heterocycles. The molecule has 0 aliphatic heterocycles. The Labute approximate surface area is 170 Å². The van der Waals surface area contributed by atoms with E-state index in [0.29, 0.717) is 6.54 Å². The van der Waals surface area contributed by atoms with Crippen molar-refractivity contribution in [1.29, 1.82) is 0 Å². The highest BCUT2D eigenvalue weighted by Crippen LogP contribution is 2.20. The number of nitrogens with one attached hydrogen (secondary N) is 1. The maximum atomic E-state index is 13.2. The number of hydrogen-bond donors (Lipinski definition) is 1. The number of carbonyl (C=O) groups excluding carboxylic acids is 2. The largest absolute Gasteiger partial charge is 0.354 e. The van der Waals surface area contributed by atoms with Gasteiger partial charge in [-0.1, -0.05) is 36.8 Å². The van der Waals surface area contributed by atoms with Crippen molar-refractivity contribution in [2.45, 2.75) is 44.7 Å². The van der Waals surface area contributed by atoms with Crippen LogP contribution in [0.1, 0.15) is 31.4 Å². The summed E-state index contributed by atoms with van der Waals surface area (Å²) in [5.74, 6) is -0.410. The minimum Gasteiger partial charge on any atom is -0.354 e. The SMILES string of the molecule is CCCNC(=O)[C@H](C)N(Cc1ccc(F)cc1)C(=O)CSc1ccc(C)cc1. The van der Waals surface area contributed by atoms with E-state index in [9.17, 15) is 14.0 Å². The lowest BCUT2D eigenvalue weighted by Crippen LogP contribution is -2.48. The van der Waals surface area contributed by atoms with Crippen molar-refractivity contribution in [3.63, 3.8) is 0 Å². The zero-order valence-electron chi connectivity index (χ0n) is 16.6. The van der Waals surface area contributed by atoms with Gasteiger partial charge in [-0.2, -0.15) is 0 Å². The number of nitrogens with zero attached hydrogens (tertiary/aromatic N) is 1. The summed E-state index contributed by atoms with van der Waals surface area (Å²) in [7, 11) is 0. The Hall–Kier alpha value is -2.34. The number of amides is 2. The molecule has 150 valence electrons. The second-order valence-electron chi connectivity index (χ2n) is 6.72. The molecule has 28 heavy (non-hydrogen) atoms. The molecular weight excluding hydrogens is 375 g/mol. The van der Waals surface area contributed by atoms with Gasteiger partial charge >= 0.3 is 0 Å². The van der Waals surface area contributed by atoms with Crippen LogP contribution < -0.4 is 5.32 Å². The molecule has 2 aromatic rings.